The Hall–Kier alpha value is -1.26. The number of nitrogens with zero attached hydrogens (tertiary/aromatic N) is 2. The summed E-state index contributed by atoms with van der Waals surface area (Å²) >= 11 is 0. The summed E-state index contributed by atoms with van der Waals surface area (Å²) in [6.45, 7) is 2.37. The fraction of sp³-hybridized carbons (Fsp3) is 0.500. The highest BCUT2D eigenvalue weighted by molar-refractivity contribution is 5.96. The lowest BCUT2D eigenvalue weighted by Gasteiger charge is -2.03. The first kappa shape index (κ1) is 9.83. The van der Waals surface area contributed by atoms with Gasteiger partial charge in [0.1, 0.15) is 5.69 Å². The highest BCUT2D eigenvalue weighted by Crippen LogP contribution is 2.07. The second-order valence-electron chi connectivity index (χ2n) is 2.60. The largest absolute Gasteiger partial charge is 0.302 e. The van der Waals surface area contributed by atoms with Gasteiger partial charge in [0.05, 0.1) is 0 Å². The maximum Gasteiger partial charge on any atom is 0.302 e. The molecule has 0 aliphatic heterocycles. The van der Waals surface area contributed by atoms with E-state index in [1.54, 1.807) is 0 Å². The Morgan fingerprint density at radius 1 is 1.69 bits per heavy atom. The van der Waals surface area contributed by atoms with Crippen LogP contribution in [0.5, 0.6) is 0 Å². The van der Waals surface area contributed by atoms with Crippen LogP contribution in [0.4, 0.5) is 8.78 Å². The normalized spacial score (nSPS) is 10.8. The monoisotopic (exact) mass is 188 g/mol. The lowest BCUT2D eigenvalue weighted by atomic mass is 10.3. The summed E-state index contributed by atoms with van der Waals surface area (Å²) < 4.78 is 25.3. The molecule has 0 unspecified atom stereocenters. The van der Waals surface area contributed by atoms with E-state index in [1.807, 2.05) is 6.92 Å². The Kier molecular flexibility index (Phi) is 3.11. The molecule has 0 saturated heterocycles. The Morgan fingerprint density at radius 3 is 2.92 bits per heavy atom. The minimum Gasteiger partial charge on any atom is -0.286 e. The molecule has 0 N–H and O–H groups in total. The van der Waals surface area contributed by atoms with Gasteiger partial charge in [-0.15, -0.1) is 0 Å². The third-order valence-electron chi connectivity index (χ3n) is 1.60. The number of ketones is 1. The van der Waals surface area contributed by atoms with E-state index in [1.165, 1.54) is 16.9 Å². The standard InChI is InChI=1S/C8H10F2N2O/c1-2-5-12-6(3-4-11-12)7(13)8(9)10/h3-4,8H,2,5H2,1H3. The summed E-state index contributed by atoms with van der Waals surface area (Å²) in [6.07, 6.45) is -0.844. The van der Waals surface area contributed by atoms with Gasteiger partial charge in [-0.3, -0.25) is 9.48 Å². The van der Waals surface area contributed by atoms with E-state index >= 15 is 0 Å². The van der Waals surface area contributed by atoms with E-state index in [-0.39, 0.29) is 5.69 Å². The summed E-state index contributed by atoms with van der Waals surface area (Å²) in [5.74, 6) is -1.16. The first-order chi connectivity index (χ1) is 6.16. The Labute approximate surface area is 74.4 Å². The van der Waals surface area contributed by atoms with Gasteiger partial charge in [0.15, 0.2) is 0 Å². The molecule has 0 aliphatic carbocycles. The van der Waals surface area contributed by atoms with E-state index in [0.717, 1.165) is 6.42 Å². The topological polar surface area (TPSA) is 34.9 Å². The summed E-state index contributed by atoms with van der Waals surface area (Å²) in [5.41, 5.74) is -0.0168. The van der Waals surface area contributed by atoms with Crippen molar-refractivity contribution < 1.29 is 13.6 Å². The third kappa shape index (κ3) is 2.11. The summed E-state index contributed by atoms with van der Waals surface area (Å²) in [5, 5.41) is 3.77. The van der Waals surface area contributed by atoms with E-state index in [4.69, 9.17) is 0 Å². The van der Waals surface area contributed by atoms with E-state index in [9.17, 15) is 13.6 Å². The highest BCUT2D eigenvalue weighted by atomic mass is 19.3. The molecule has 0 spiro atoms. The fourth-order valence-electron chi connectivity index (χ4n) is 1.04. The van der Waals surface area contributed by atoms with Crippen molar-refractivity contribution in [3.05, 3.63) is 18.0 Å². The second-order valence-corrected chi connectivity index (χ2v) is 2.60. The average Bonchev–Trinajstić information content (AvgIpc) is 2.52. The van der Waals surface area contributed by atoms with E-state index in [2.05, 4.69) is 5.10 Å². The van der Waals surface area contributed by atoms with Crippen molar-refractivity contribution in [2.45, 2.75) is 26.3 Å². The minimum absolute atomic E-state index is 0.0168. The van der Waals surface area contributed by atoms with Crippen LogP contribution in [0.15, 0.2) is 12.3 Å². The minimum atomic E-state index is -2.95. The molecule has 0 amide bonds. The molecule has 0 atom stereocenters. The number of Topliss-reactive ketones (excluding diaryl/α,β-unsaturated/α-hetero) is 1. The van der Waals surface area contributed by atoms with Crippen LogP contribution in [-0.4, -0.2) is 22.0 Å². The molecule has 1 aromatic rings. The van der Waals surface area contributed by atoms with Crippen LogP contribution in [0.3, 0.4) is 0 Å². The Balaban J connectivity index is 2.87. The molecule has 0 radical (unpaired) electrons. The van der Waals surface area contributed by atoms with Gasteiger partial charge < -0.3 is 0 Å². The first-order valence-electron chi connectivity index (χ1n) is 4.01. The molecule has 0 fully saturated rings. The zero-order chi connectivity index (χ0) is 9.84. The van der Waals surface area contributed by atoms with Crippen molar-refractivity contribution in [1.82, 2.24) is 9.78 Å². The van der Waals surface area contributed by atoms with Crippen LogP contribution < -0.4 is 0 Å². The number of hydrogen-bond acceptors (Lipinski definition) is 2. The SMILES string of the molecule is CCCn1nccc1C(=O)C(F)F. The molecule has 3 nitrogen and oxygen atoms in total. The number of carbonyl (C=O) groups excluding carboxylic acids is 1. The predicted octanol–water partition coefficient (Wildman–Crippen LogP) is 1.74. The van der Waals surface area contributed by atoms with Crippen LogP contribution in [-0.2, 0) is 6.54 Å². The molecular formula is C8H10F2N2O. The van der Waals surface area contributed by atoms with Crippen LogP contribution in [0.25, 0.3) is 0 Å². The third-order valence-corrected chi connectivity index (χ3v) is 1.60. The highest BCUT2D eigenvalue weighted by Gasteiger charge is 2.21. The van der Waals surface area contributed by atoms with Crippen molar-refractivity contribution in [3.8, 4) is 0 Å². The number of carbonyl (C=O) groups is 1. The number of alkyl halides is 2. The Bertz CT molecular complexity index is 296. The molecule has 0 bridgehead atoms. The molecule has 0 aromatic carbocycles. The molecule has 72 valence electrons. The van der Waals surface area contributed by atoms with Gasteiger partial charge in [0.2, 0.25) is 5.78 Å². The molecule has 0 aliphatic rings. The van der Waals surface area contributed by atoms with Gasteiger partial charge in [-0.25, -0.2) is 8.78 Å². The average molecular weight is 188 g/mol. The number of aryl methyl sites for hydroxylation is 1. The molecule has 13 heavy (non-hydrogen) atoms. The van der Waals surface area contributed by atoms with E-state index in [0.29, 0.717) is 6.54 Å². The summed E-state index contributed by atoms with van der Waals surface area (Å²) in [7, 11) is 0. The smallest absolute Gasteiger partial charge is 0.286 e. The number of rotatable bonds is 4. The predicted molar refractivity (Wildman–Crippen MR) is 42.9 cm³/mol. The van der Waals surface area contributed by atoms with Crippen molar-refractivity contribution >= 4 is 5.78 Å². The number of aromatic nitrogens is 2. The lowest BCUT2D eigenvalue weighted by Crippen LogP contribution is -2.16. The van der Waals surface area contributed by atoms with Crippen LogP contribution in [0, 0.1) is 0 Å². The maximum atomic E-state index is 12.0. The lowest BCUT2D eigenvalue weighted by molar-refractivity contribution is 0.0666. The molecule has 1 aromatic heterocycles. The van der Waals surface area contributed by atoms with Gasteiger partial charge in [-0.1, -0.05) is 6.92 Å². The van der Waals surface area contributed by atoms with Gasteiger partial charge in [-0.05, 0) is 12.5 Å². The first-order valence-corrected chi connectivity index (χ1v) is 4.01. The molecule has 5 heteroatoms. The molecule has 0 saturated carbocycles. The van der Waals surface area contributed by atoms with Gasteiger partial charge >= 0.3 is 6.43 Å². The molecule has 1 heterocycles. The van der Waals surface area contributed by atoms with Crippen molar-refractivity contribution in [3.63, 3.8) is 0 Å². The summed E-state index contributed by atoms with van der Waals surface area (Å²) in [6, 6.07) is 1.31. The zero-order valence-electron chi connectivity index (χ0n) is 7.20. The molecular weight excluding hydrogens is 178 g/mol. The second kappa shape index (κ2) is 4.11. The maximum absolute atomic E-state index is 12.0. The molecule has 1 rings (SSSR count). The van der Waals surface area contributed by atoms with Gasteiger partial charge in [0, 0.05) is 12.7 Å². The van der Waals surface area contributed by atoms with Crippen LogP contribution in [0.2, 0.25) is 0 Å². The van der Waals surface area contributed by atoms with Crippen molar-refractivity contribution in [1.29, 1.82) is 0 Å². The zero-order valence-corrected chi connectivity index (χ0v) is 7.20. The van der Waals surface area contributed by atoms with Gasteiger partial charge in [-0.2, -0.15) is 5.10 Å². The quantitative estimate of drug-likeness (QED) is 0.674. The summed E-state index contributed by atoms with van der Waals surface area (Å²) in [4.78, 5) is 10.9. The van der Waals surface area contributed by atoms with Crippen molar-refractivity contribution in [2.75, 3.05) is 0 Å². The van der Waals surface area contributed by atoms with E-state index < -0.39 is 12.2 Å². The van der Waals surface area contributed by atoms with Crippen LogP contribution >= 0.6 is 0 Å². The number of halogens is 2. The van der Waals surface area contributed by atoms with Crippen LogP contribution in [0.1, 0.15) is 23.8 Å². The number of hydrogen-bond donors (Lipinski definition) is 0. The van der Waals surface area contributed by atoms with Gasteiger partial charge in [0.25, 0.3) is 0 Å². The Morgan fingerprint density at radius 2 is 2.38 bits per heavy atom. The van der Waals surface area contributed by atoms with Crippen molar-refractivity contribution in [2.24, 2.45) is 0 Å². The fourth-order valence-corrected chi connectivity index (χ4v) is 1.04.